The molecule has 2 N–H and O–H groups in total. The molecule has 19 heavy (non-hydrogen) atoms. The molecule has 1 aromatic carbocycles. The lowest BCUT2D eigenvalue weighted by Gasteiger charge is -1.96. The van der Waals surface area contributed by atoms with Gasteiger partial charge in [-0.05, 0) is 31.5 Å². The molecule has 3 rings (SSSR count). The molecule has 0 unspecified atom stereocenters. The molecule has 96 valence electrons. The van der Waals surface area contributed by atoms with Crippen molar-refractivity contribution in [1.29, 1.82) is 0 Å². The Balaban J connectivity index is 2.12. The minimum atomic E-state index is -1.02. The molecule has 2 aromatic heterocycles. The van der Waals surface area contributed by atoms with Gasteiger partial charge in [0.1, 0.15) is 17.0 Å². The number of aromatic amines is 1. The van der Waals surface area contributed by atoms with Gasteiger partial charge in [-0.15, -0.1) is 0 Å². The summed E-state index contributed by atoms with van der Waals surface area (Å²) in [6.07, 6.45) is 0. The lowest BCUT2D eigenvalue weighted by molar-refractivity contribution is 0.0690. The predicted octanol–water partition coefficient (Wildman–Crippen LogP) is 3.14. The first-order valence-corrected chi connectivity index (χ1v) is 5.85. The van der Waals surface area contributed by atoms with Gasteiger partial charge >= 0.3 is 5.97 Å². The second-order valence-electron chi connectivity index (χ2n) is 4.47. The summed E-state index contributed by atoms with van der Waals surface area (Å²) in [7, 11) is 0. The lowest BCUT2D eigenvalue weighted by Crippen LogP contribution is -1.95. The van der Waals surface area contributed by atoms with Crippen molar-refractivity contribution in [3.8, 4) is 11.3 Å². The van der Waals surface area contributed by atoms with Gasteiger partial charge in [-0.1, -0.05) is 12.1 Å². The number of furan rings is 1. The monoisotopic (exact) mass is 256 g/mol. The van der Waals surface area contributed by atoms with Crippen LogP contribution in [0.25, 0.3) is 22.2 Å². The van der Waals surface area contributed by atoms with E-state index in [1.54, 1.807) is 0 Å². The number of aryl methyl sites for hydroxylation is 2. The SMILES string of the molecule is Cc1oc2cc(-c3cc(C(=O)O)[nH]n3)ccc2c1C. The fourth-order valence-corrected chi connectivity index (χ4v) is 2.09. The molecule has 0 fully saturated rings. The Morgan fingerprint density at radius 2 is 2.11 bits per heavy atom. The van der Waals surface area contributed by atoms with Gasteiger partial charge in [0.2, 0.25) is 0 Å². The number of carboxylic acids is 1. The molecular formula is C14H12N2O3. The average molecular weight is 256 g/mol. The summed E-state index contributed by atoms with van der Waals surface area (Å²) in [5, 5.41) is 16.4. The highest BCUT2D eigenvalue weighted by Crippen LogP contribution is 2.29. The third-order valence-corrected chi connectivity index (χ3v) is 3.28. The van der Waals surface area contributed by atoms with E-state index in [1.807, 2.05) is 32.0 Å². The summed E-state index contributed by atoms with van der Waals surface area (Å²) in [5.41, 5.74) is 3.39. The summed E-state index contributed by atoms with van der Waals surface area (Å²) in [5.74, 6) is -0.134. The quantitative estimate of drug-likeness (QED) is 0.738. The zero-order valence-corrected chi connectivity index (χ0v) is 10.5. The maximum atomic E-state index is 10.8. The van der Waals surface area contributed by atoms with Crippen molar-refractivity contribution in [2.45, 2.75) is 13.8 Å². The maximum absolute atomic E-state index is 10.8. The number of carboxylic acid groups (broad SMARTS) is 1. The Labute approximate surface area is 108 Å². The molecule has 0 saturated carbocycles. The van der Waals surface area contributed by atoms with Crippen LogP contribution in [0.4, 0.5) is 0 Å². The molecule has 0 spiro atoms. The summed E-state index contributed by atoms with van der Waals surface area (Å²) >= 11 is 0. The lowest BCUT2D eigenvalue weighted by atomic mass is 10.1. The first-order valence-electron chi connectivity index (χ1n) is 5.85. The maximum Gasteiger partial charge on any atom is 0.353 e. The summed E-state index contributed by atoms with van der Waals surface area (Å²) in [6, 6.07) is 7.25. The molecule has 2 heterocycles. The molecule has 0 radical (unpaired) electrons. The van der Waals surface area contributed by atoms with Gasteiger partial charge in [0.25, 0.3) is 0 Å². The van der Waals surface area contributed by atoms with Crippen LogP contribution in [-0.2, 0) is 0 Å². The van der Waals surface area contributed by atoms with E-state index in [2.05, 4.69) is 10.2 Å². The number of nitrogens with one attached hydrogen (secondary N) is 1. The minimum absolute atomic E-state index is 0.0712. The van der Waals surface area contributed by atoms with Crippen LogP contribution in [0, 0.1) is 13.8 Å². The Bertz CT molecular complexity index is 783. The highest BCUT2D eigenvalue weighted by atomic mass is 16.4. The van der Waals surface area contributed by atoms with E-state index in [-0.39, 0.29) is 5.69 Å². The molecule has 5 heteroatoms. The highest BCUT2D eigenvalue weighted by Gasteiger charge is 2.12. The third kappa shape index (κ3) is 1.79. The molecule has 0 saturated heterocycles. The number of benzene rings is 1. The summed E-state index contributed by atoms with van der Waals surface area (Å²) in [6.45, 7) is 3.93. The van der Waals surface area contributed by atoms with Gasteiger partial charge in [-0.2, -0.15) is 5.10 Å². The first kappa shape index (κ1) is 11.5. The number of fused-ring (bicyclic) bond motifs is 1. The highest BCUT2D eigenvalue weighted by molar-refractivity contribution is 5.89. The van der Waals surface area contributed by atoms with E-state index in [4.69, 9.17) is 9.52 Å². The zero-order valence-electron chi connectivity index (χ0n) is 10.5. The van der Waals surface area contributed by atoms with Crippen LogP contribution in [0.2, 0.25) is 0 Å². The van der Waals surface area contributed by atoms with Gasteiger partial charge in [-0.3, -0.25) is 5.10 Å². The van der Waals surface area contributed by atoms with E-state index in [1.165, 1.54) is 6.07 Å². The van der Waals surface area contributed by atoms with Crippen molar-refractivity contribution < 1.29 is 14.3 Å². The van der Waals surface area contributed by atoms with Gasteiger partial charge in [0.05, 0.1) is 5.69 Å². The first-order chi connectivity index (χ1) is 9.06. The van der Waals surface area contributed by atoms with Crippen LogP contribution in [0.1, 0.15) is 21.8 Å². The van der Waals surface area contributed by atoms with E-state index >= 15 is 0 Å². The minimum Gasteiger partial charge on any atom is -0.477 e. The van der Waals surface area contributed by atoms with Crippen molar-refractivity contribution in [3.05, 3.63) is 41.3 Å². The third-order valence-electron chi connectivity index (χ3n) is 3.28. The van der Waals surface area contributed by atoms with Crippen LogP contribution in [-0.4, -0.2) is 21.3 Å². The van der Waals surface area contributed by atoms with Gasteiger partial charge in [0, 0.05) is 10.9 Å². The fourth-order valence-electron chi connectivity index (χ4n) is 2.09. The number of hydrogen-bond acceptors (Lipinski definition) is 3. The van der Waals surface area contributed by atoms with Crippen molar-refractivity contribution in [3.63, 3.8) is 0 Å². The Kier molecular flexibility index (Phi) is 2.41. The van der Waals surface area contributed by atoms with Crippen molar-refractivity contribution >= 4 is 16.9 Å². The molecule has 0 amide bonds. The van der Waals surface area contributed by atoms with E-state index < -0.39 is 5.97 Å². The van der Waals surface area contributed by atoms with Crippen molar-refractivity contribution in [2.75, 3.05) is 0 Å². The molecule has 0 atom stereocenters. The second-order valence-corrected chi connectivity index (χ2v) is 4.47. The molecule has 3 aromatic rings. The number of rotatable bonds is 2. The number of nitrogens with zero attached hydrogens (tertiary/aromatic N) is 1. The number of aromatic nitrogens is 2. The number of H-pyrrole nitrogens is 1. The Morgan fingerprint density at radius 1 is 1.32 bits per heavy atom. The van der Waals surface area contributed by atoms with Crippen LogP contribution in [0.15, 0.2) is 28.7 Å². The number of aromatic carboxylic acids is 1. The predicted molar refractivity (Wildman–Crippen MR) is 70.2 cm³/mol. The molecule has 5 nitrogen and oxygen atoms in total. The fraction of sp³-hybridized carbons (Fsp3) is 0.143. The van der Waals surface area contributed by atoms with Crippen LogP contribution < -0.4 is 0 Å². The van der Waals surface area contributed by atoms with Gasteiger partial charge < -0.3 is 9.52 Å². The van der Waals surface area contributed by atoms with Crippen molar-refractivity contribution in [1.82, 2.24) is 10.2 Å². The molecule has 0 aliphatic heterocycles. The summed E-state index contributed by atoms with van der Waals surface area (Å²) < 4.78 is 5.66. The summed E-state index contributed by atoms with van der Waals surface area (Å²) in [4.78, 5) is 10.8. The molecule has 0 bridgehead atoms. The normalized spacial score (nSPS) is 11.1. The molecule has 0 aliphatic carbocycles. The Morgan fingerprint density at radius 3 is 2.79 bits per heavy atom. The average Bonchev–Trinajstić information content (AvgIpc) is 2.96. The van der Waals surface area contributed by atoms with Crippen molar-refractivity contribution in [2.24, 2.45) is 0 Å². The standard InChI is InChI=1S/C14H12N2O3/c1-7-8(2)19-13-5-9(3-4-10(7)13)11-6-12(14(17)18)16-15-11/h3-6H,1-2H3,(H,15,16)(H,17,18). The number of hydrogen-bond donors (Lipinski definition) is 2. The van der Waals surface area contributed by atoms with Crippen LogP contribution >= 0.6 is 0 Å². The van der Waals surface area contributed by atoms with Gasteiger partial charge in [0.15, 0.2) is 0 Å². The molecular weight excluding hydrogens is 244 g/mol. The smallest absolute Gasteiger partial charge is 0.353 e. The van der Waals surface area contributed by atoms with Crippen LogP contribution in [0.3, 0.4) is 0 Å². The topological polar surface area (TPSA) is 79.1 Å². The van der Waals surface area contributed by atoms with Crippen LogP contribution in [0.5, 0.6) is 0 Å². The van der Waals surface area contributed by atoms with E-state index in [0.29, 0.717) is 5.69 Å². The zero-order chi connectivity index (χ0) is 13.6. The largest absolute Gasteiger partial charge is 0.477 e. The second kappa shape index (κ2) is 3.98. The Hall–Kier alpha value is -2.56. The van der Waals surface area contributed by atoms with E-state index in [9.17, 15) is 4.79 Å². The number of carbonyl (C=O) groups is 1. The molecule has 0 aliphatic rings. The van der Waals surface area contributed by atoms with E-state index in [0.717, 1.165) is 27.9 Å². The van der Waals surface area contributed by atoms with Gasteiger partial charge in [-0.25, -0.2) is 4.79 Å².